The van der Waals surface area contributed by atoms with Crippen LogP contribution in [0.15, 0.2) is 30.3 Å². The molecule has 1 N–H and O–H groups in total. The van der Waals surface area contributed by atoms with Gasteiger partial charge in [0.1, 0.15) is 6.04 Å². The number of benzene rings is 1. The van der Waals surface area contributed by atoms with Crippen molar-refractivity contribution < 1.29 is 9.53 Å². The first-order chi connectivity index (χ1) is 9.98. The fraction of sp³-hybridized carbons (Fsp3) is 0.611. The van der Waals surface area contributed by atoms with Crippen LogP contribution in [0.5, 0.6) is 0 Å². The Morgan fingerprint density at radius 3 is 2.52 bits per heavy atom. The van der Waals surface area contributed by atoms with Gasteiger partial charge in [-0.15, -0.1) is 0 Å². The standard InChI is InChI=1S/C18H29NO2/c1-5-6-12-16(17(20)21-4)19-18(2,3)14-13-15-10-8-7-9-11-15/h7-11,16,19H,5-6,12-14H2,1-4H3. The van der Waals surface area contributed by atoms with Crippen molar-refractivity contribution in [2.24, 2.45) is 0 Å². The number of rotatable bonds is 9. The van der Waals surface area contributed by atoms with Gasteiger partial charge < -0.3 is 4.74 Å². The first-order valence-corrected chi connectivity index (χ1v) is 7.88. The second-order valence-corrected chi connectivity index (χ2v) is 6.23. The van der Waals surface area contributed by atoms with E-state index in [1.165, 1.54) is 12.7 Å². The van der Waals surface area contributed by atoms with Gasteiger partial charge in [-0.2, -0.15) is 0 Å². The average molecular weight is 291 g/mol. The highest BCUT2D eigenvalue weighted by molar-refractivity contribution is 5.75. The number of carbonyl (C=O) groups excluding carboxylic acids is 1. The molecule has 1 aromatic rings. The number of hydrogen-bond donors (Lipinski definition) is 1. The molecule has 21 heavy (non-hydrogen) atoms. The van der Waals surface area contributed by atoms with Crippen molar-refractivity contribution in [2.75, 3.05) is 7.11 Å². The summed E-state index contributed by atoms with van der Waals surface area (Å²) in [6.45, 7) is 6.44. The van der Waals surface area contributed by atoms with E-state index in [4.69, 9.17) is 4.74 Å². The smallest absolute Gasteiger partial charge is 0.322 e. The quantitative estimate of drug-likeness (QED) is 0.705. The van der Waals surface area contributed by atoms with Gasteiger partial charge in [-0.3, -0.25) is 10.1 Å². The van der Waals surface area contributed by atoms with Crippen LogP contribution in [0.2, 0.25) is 0 Å². The third-order valence-corrected chi connectivity index (χ3v) is 3.78. The summed E-state index contributed by atoms with van der Waals surface area (Å²) in [5.41, 5.74) is 1.23. The summed E-state index contributed by atoms with van der Waals surface area (Å²) in [6, 6.07) is 10.2. The highest BCUT2D eigenvalue weighted by atomic mass is 16.5. The lowest BCUT2D eigenvalue weighted by molar-refractivity contribution is -0.144. The van der Waals surface area contributed by atoms with Crippen LogP contribution >= 0.6 is 0 Å². The van der Waals surface area contributed by atoms with Gasteiger partial charge in [-0.05, 0) is 38.7 Å². The van der Waals surface area contributed by atoms with E-state index in [1.54, 1.807) is 0 Å². The van der Waals surface area contributed by atoms with E-state index in [1.807, 2.05) is 6.07 Å². The van der Waals surface area contributed by atoms with E-state index in [0.717, 1.165) is 32.1 Å². The number of carbonyl (C=O) groups is 1. The van der Waals surface area contributed by atoms with Crippen molar-refractivity contribution in [3.63, 3.8) is 0 Å². The van der Waals surface area contributed by atoms with E-state index >= 15 is 0 Å². The predicted octanol–water partition coefficient (Wildman–Crippen LogP) is 3.72. The SMILES string of the molecule is CCCCC(NC(C)(C)CCc1ccccc1)C(=O)OC. The normalized spacial score (nSPS) is 13.0. The lowest BCUT2D eigenvalue weighted by Gasteiger charge is -2.31. The molecular formula is C18H29NO2. The molecule has 3 heteroatoms. The molecule has 118 valence electrons. The fourth-order valence-corrected chi connectivity index (χ4v) is 2.44. The molecule has 0 radical (unpaired) electrons. The minimum Gasteiger partial charge on any atom is -0.468 e. The molecule has 0 saturated carbocycles. The Labute approximate surface area is 129 Å². The molecule has 0 aliphatic rings. The molecular weight excluding hydrogens is 262 g/mol. The molecule has 0 aliphatic heterocycles. The van der Waals surface area contributed by atoms with E-state index < -0.39 is 0 Å². The first-order valence-electron chi connectivity index (χ1n) is 7.88. The van der Waals surface area contributed by atoms with Gasteiger partial charge in [0.15, 0.2) is 0 Å². The van der Waals surface area contributed by atoms with Gasteiger partial charge >= 0.3 is 5.97 Å². The molecule has 1 unspecified atom stereocenters. The molecule has 1 rings (SSSR count). The summed E-state index contributed by atoms with van der Waals surface area (Å²) in [4.78, 5) is 11.9. The highest BCUT2D eigenvalue weighted by Crippen LogP contribution is 2.16. The fourth-order valence-electron chi connectivity index (χ4n) is 2.44. The first kappa shape index (κ1) is 17.7. The predicted molar refractivity (Wildman–Crippen MR) is 87.3 cm³/mol. The van der Waals surface area contributed by atoms with Crippen LogP contribution in [0.4, 0.5) is 0 Å². The van der Waals surface area contributed by atoms with E-state index in [-0.39, 0.29) is 17.6 Å². The van der Waals surface area contributed by atoms with Crippen molar-refractivity contribution in [1.82, 2.24) is 5.32 Å². The Hall–Kier alpha value is -1.35. The van der Waals surface area contributed by atoms with Crippen LogP contribution in [0.3, 0.4) is 0 Å². The molecule has 0 aromatic heterocycles. The van der Waals surface area contributed by atoms with Crippen molar-refractivity contribution in [2.45, 2.75) is 64.5 Å². The minimum atomic E-state index is -0.208. The summed E-state index contributed by atoms with van der Waals surface area (Å²) >= 11 is 0. The Morgan fingerprint density at radius 2 is 1.95 bits per heavy atom. The lowest BCUT2D eigenvalue weighted by Crippen LogP contribution is -2.50. The second kappa shape index (κ2) is 8.83. The summed E-state index contributed by atoms with van der Waals surface area (Å²) < 4.78 is 4.92. The monoisotopic (exact) mass is 291 g/mol. The zero-order valence-corrected chi connectivity index (χ0v) is 13.8. The zero-order chi connectivity index (χ0) is 15.7. The van der Waals surface area contributed by atoms with Gasteiger partial charge in [0.05, 0.1) is 7.11 Å². The van der Waals surface area contributed by atoms with Crippen LogP contribution in [-0.4, -0.2) is 24.7 Å². The molecule has 3 nitrogen and oxygen atoms in total. The van der Waals surface area contributed by atoms with Gasteiger partial charge in [0.2, 0.25) is 0 Å². The maximum atomic E-state index is 11.9. The minimum absolute atomic E-state index is 0.0948. The molecule has 0 saturated heterocycles. The second-order valence-electron chi connectivity index (χ2n) is 6.23. The zero-order valence-electron chi connectivity index (χ0n) is 13.8. The number of ether oxygens (including phenoxy) is 1. The maximum Gasteiger partial charge on any atom is 0.322 e. The van der Waals surface area contributed by atoms with E-state index in [0.29, 0.717) is 0 Å². The van der Waals surface area contributed by atoms with Crippen LogP contribution < -0.4 is 5.32 Å². The Balaban J connectivity index is 2.56. The van der Waals surface area contributed by atoms with Crippen LogP contribution in [0, 0.1) is 0 Å². The highest BCUT2D eigenvalue weighted by Gasteiger charge is 2.26. The van der Waals surface area contributed by atoms with Crippen molar-refractivity contribution in [3.8, 4) is 0 Å². The number of methoxy groups -OCH3 is 1. The van der Waals surface area contributed by atoms with Gasteiger partial charge in [0.25, 0.3) is 0 Å². The number of esters is 1. The van der Waals surface area contributed by atoms with Crippen LogP contribution in [0.25, 0.3) is 0 Å². The molecule has 0 aliphatic carbocycles. The third kappa shape index (κ3) is 6.76. The maximum absolute atomic E-state index is 11.9. The van der Waals surface area contributed by atoms with Crippen LogP contribution in [-0.2, 0) is 16.0 Å². The number of nitrogens with one attached hydrogen (secondary N) is 1. The van der Waals surface area contributed by atoms with Crippen molar-refractivity contribution in [1.29, 1.82) is 0 Å². The van der Waals surface area contributed by atoms with Crippen molar-refractivity contribution >= 4 is 5.97 Å². The van der Waals surface area contributed by atoms with Crippen LogP contribution in [0.1, 0.15) is 52.0 Å². The van der Waals surface area contributed by atoms with E-state index in [9.17, 15) is 4.79 Å². The van der Waals surface area contributed by atoms with Crippen molar-refractivity contribution in [3.05, 3.63) is 35.9 Å². The average Bonchev–Trinajstić information content (AvgIpc) is 2.49. The Kier molecular flexibility index (Phi) is 7.44. The Morgan fingerprint density at radius 1 is 1.29 bits per heavy atom. The third-order valence-electron chi connectivity index (χ3n) is 3.78. The Bertz CT molecular complexity index is 414. The summed E-state index contributed by atoms with van der Waals surface area (Å²) in [7, 11) is 1.46. The molecule has 1 atom stereocenters. The van der Waals surface area contributed by atoms with Gasteiger partial charge in [-0.1, -0.05) is 50.1 Å². The number of unbranched alkanes of at least 4 members (excludes halogenated alkanes) is 1. The summed E-state index contributed by atoms with van der Waals surface area (Å²) in [6.07, 6.45) is 4.93. The van der Waals surface area contributed by atoms with Gasteiger partial charge in [-0.25, -0.2) is 0 Å². The molecule has 0 fully saturated rings. The molecule has 0 amide bonds. The number of aryl methyl sites for hydroxylation is 1. The molecule has 0 spiro atoms. The number of hydrogen-bond acceptors (Lipinski definition) is 3. The topological polar surface area (TPSA) is 38.3 Å². The summed E-state index contributed by atoms with van der Waals surface area (Å²) in [5.74, 6) is -0.156. The largest absolute Gasteiger partial charge is 0.468 e. The molecule has 0 bridgehead atoms. The van der Waals surface area contributed by atoms with Gasteiger partial charge in [0, 0.05) is 5.54 Å². The molecule has 0 heterocycles. The lowest BCUT2D eigenvalue weighted by atomic mass is 9.93. The molecule has 1 aromatic carbocycles. The summed E-state index contributed by atoms with van der Waals surface area (Å²) in [5, 5.41) is 3.47. The van der Waals surface area contributed by atoms with E-state index in [2.05, 4.69) is 50.4 Å².